The third-order valence-electron chi connectivity index (χ3n) is 3.93. The zero-order chi connectivity index (χ0) is 18.9. The second-order valence-electron chi connectivity index (χ2n) is 6.20. The van der Waals surface area contributed by atoms with Crippen LogP contribution >= 0.6 is 0 Å². The highest BCUT2D eigenvalue weighted by molar-refractivity contribution is 5.91. The lowest BCUT2D eigenvalue weighted by atomic mass is 10.2. The molecule has 2 aromatic carbocycles. The standard InChI is InChI=1S/C22H23N3O2/c1-18-7-5-10-21(15-18)27-14-6-13-23-22(26)12-11-19-16-24-25(17-19)20-8-3-2-4-9-20/h2-5,7-12,15-17H,6,13-14H2,1H3,(H,23,26). The molecule has 1 heterocycles. The Hall–Kier alpha value is -3.34. The summed E-state index contributed by atoms with van der Waals surface area (Å²) in [5.41, 5.74) is 3.02. The highest BCUT2D eigenvalue weighted by atomic mass is 16.5. The fraction of sp³-hybridized carbons (Fsp3) is 0.182. The van der Waals surface area contributed by atoms with E-state index in [1.165, 1.54) is 11.6 Å². The number of hydrogen-bond acceptors (Lipinski definition) is 3. The van der Waals surface area contributed by atoms with Crippen molar-refractivity contribution in [1.29, 1.82) is 0 Å². The topological polar surface area (TPSA) is 56.1 Å². The predicted molar refractivity (Wildman–Crippen MR) is 107 cm³/mol. The minimum atomic E-state index is -0.127. The molecule has 5 nitrogen and oxygen atoms in total. The van der Waals surface area contributed by atoms with Crippen LogP contribution in [0.25, 0.3) is 11.8 Å². The van der Waals surface area contributed by atoms with Crippen LogP contribution in [0.15, 0.2) is 73.1 Å². The van der Waals surface area contributed by atoms with Gasteiger partial charge in [0, 0.05) is 24.4 Å². The summed E-state index contributed by atoms with van der Waals surface area (Å²) in [7, 11) is 0. The Balaban J connectivity index is 1.38. The van der Waals surface area contributed by atoms with E-state index in [0.29, 0.717) is 13.2 Å². The summed E-state index contributed by atoms with van der Waals surface area (Å²) >= 11 is 0. The Labute approximate surface area is 159 Å². The molecule has 1 amide bonds. The van der Waals surface area contributed by atoms with Gasteiger partial charge in [0.25, 0.3) is 0 Å². The van der Waals surface area contributed by atoms with E-state index in [1.807, 2.05) is 67.7 Å². The van der Waals surface area contributed by atoms with Gasteiger partial charge in [-0.25, -0.2) is 4.68 Å². The molecule has 0 unspecified atom stereocenters. The molecular formula is C22H23N3O2. The van der Waals surface area contributed by atoms with E-state index in [1.54, 1.807) is 17.0 Å². The minimum Gasteiger partial charge on any atom is -0.494 e. The molecule has 0 aliphatic rings. The molecular weight excluding hydrogens is 338 g/mol. The van der Waals surface area contributed by atoms with E-state index >= 15 is 0 Å². The average molecular weight is 361 g/mol. The summed E-state index contributed by atoms with van der Waals surface area (Å²) in [5, 5.41) is 7.16. The molecule has 0 spiro atoms. The Morgan fingerprint density at radius 1 is 1.19 bits per heavy atom. The first-order chi connectivity index (χ1) is 13.2. The van der Waals surface area contributed by atoms with Crippen molar-refractivity contribution < 1.29 is 9.53 Å². The smallest absolute Gasteiger partial charge is 0.244 e. The van der Waals surface area contributed by atoms with Crippen LogP contribution in [0.1, 0.15) is 17.5 Å². The maximum atomic E-state index is 11.9. The molecule has 0 atom stereocenters. The Kier molecular flexibility index (Phi) is 6.41. The lowest BCUT2D eigenvalue weighted by Gasteiger charge is -2.07. The number of nitrogens with one attached hydrogen (secondary N) is 1. The third-order valence-corrected chi connectivity index (χ3v) is 3.93. The highest BCUT2D eigenvalue weighted by Gasteiger charge is 2.00. The second-order valence-corrected chi connectivity index (χ2v) is 6.20. The molecule has 0 aliphatic heterocycles. The van der Waals surface area contributed by atoms with Crippen LogP contribution in [0.2, 0.25) is 0 Å². The van der Waals surface area contributed by atoms with Gasteiger partial charge < -0.3 is 10.1 Å². The molecule has 138 valence electrons. The monoisotopic (exact) mass is 361 g/mol. The van der Waals surface area contributed by atoms with Crippen molar-refractivity contribution in [2.75, 3.05) is 13.2 Å². The summed E-state index contributed by atoms with van der Waals surface area (Å²) in [6.45, 7) is 3.17. The summed E-state index contributed by atoms with van der Waals surface area (Å²) in [4.78, 5) is 11.9. The predicted octanol–water partition coefficient (Wildman–Crippen LogP) is 3.78. The van der Waals surface area contributed by atoms with Gasteiger partial charge in [-0.05, 0) is 49.2 Å². The first-order valence-corrected chi connectivity index (χ1v) is 8.96. The van der Waals surface area contributed by atoms with Gasteiger partial charge in [0.05, 0.1) is 18.5 Å². The normalized spacial score (nSPS) is 10.9. The number of ether oxygens (including phenoxy) is 1. The molecule has 3 rings (SSSR count). The van der Waals surface area contributed by atoms with E-state index in [-0.39, 0.29) is 5.91 Å². The molecule has 0 saturated carbocycles. The van der Waals surface area contributed by atoms with E-state index in [9.17, 15) is 4.79 Å². The number of carbonyl (C=O) groups excluding carboxylic acids is 1. The maximum absolute atomic E-state index is 11.9. The van der Waals surface area contributed by atoms with E-state index < -0.39 is 0 Å². The fourth-order valence-electron chi connectivity index (χ4n) is 2.55. The Morgan fingerprint density at radius 3 is 2.85 bits per heavy atom. The van der Waals surface area contributed by atoms with Crippen LogP contribution in [0.5, 0.6) is 5.75 Å². The van der Waals surface area contributed by atoms with Gasteiger partial charge in [0.1, 0.15) is 5.75 Å². The third kappa shape index (κ3) is 5.85. The van der Waals surface area contributed by atoms with Gasteiger partial charge in [0.15, 0.2) is 0 Å². The van der Waals surface area contributed by atoms with Crippen LogP contribution in [0, 0.1) is 6.92 Å². The van der Waals surface area contributed by atoms with Crippen LogP contribution in [0.3, 0.4) is 0 Å². The first-order valence-electron chi connectivity index (χ1n) is 8.96. The molecule has 1 N–H and O–H groups in total. The molecule has 0 fully saturated rings. The molecule has 0 saturated heterocycles. The van der Waals surface area contributed by atoms with Gasteiger partial charge in [0.2, 0.25) is 5.91 Å². The fourth-order valence-corrected chi connectivity index (χ4v) is 2.55. The molecule has 5 heteroatoms. The maximum Gasteiger partial charge on any atom is 0.244 e. The van der Waals surface area contributed by atoms with Crippen LogP contribution < -0.4 is 10.1 Å². The second kappa shape index (κ2) is 9.38. The molecule has 1 aromatic heterocycles. The van der Waals surface area contributed by atoms with Crippen molar-refractivity contribution in [2.45, 2.75) is 13.3 Å². The SMILES string of the molecule is Cc1cccc(OCCCNC(=O)C=Cc2cnn(-c3ccccc3)c2)c1. The summed E-state index contributed by atoms with van der Waals surface area (Å²) in [5.74, 6) is 0.731. The molecule has 0 bridgehead atoms. The number of benzene rings is 2. The Morgan fingerprint density at radius 2 is 2.04 bits per heavy atom. The summed E-state index contributed by atoms with van der Waals surface area (Å²) in [6, 6.07) is 17.8. The lowest BCUT2D eigenvalue weighted by Crippen LogP contribution is -2.23. The number of para-hydroxylation sites is 1. The molecule has 3 aromatic rings. The van der Waals surface area contributed by atoms with Gasteiger partial charge >= 0.3 is 0 Å². The summed E-state index contributed by atoms with van der Waals surface area (Å²) in [6.07, 6.45) is 7.64. The van der Waals surface area contributed by atoms with Crippen molar-refractivity contribution in [3.63, 3.8) is 0 Å². The number of aryl methyl sites for hydroxylation is 1. The first kappa shape index (κ1) is 18.5. The van der Waals surface area contributed by atoms with Crippen LogP contribution in [-0.4, -0.2) is 28.8 Å². The number of rotatable bonds is 8. The van der Waals surface area contributed by atoms with Crippen molar-refractivity contribution in [3.05, 3.63) is 84.2 Å². The van der Waals surface area contributed by atoms with Crippen molar-refractivity contribution >= 4 is 12.0 Å². The van der Waals surface area contributed by atoms with E-state index in [2.05, 4.69) is 10.4 Å². The molecule has 0 radical (unpaired) electrons. The van der Waals surface area contributed by atoms with Gasteiger partial charge in [-0.1, -0.05) is 30.3 Å². The minimum absolute atomic E-state index is 0.127. The number of aromatic nitrogens is 2. The van der Waals surface area contributed by atoms with E-state index in [4.69, 9.17) is 4.74 Å². The van der Waals surface area contributed by atoms with Crippen LogP contribution in [0.4, 0.5) is 0 Å². The highest BCUT2D eigenvalue weighted by Crippen LogP contribution is 2.12. The zero-order valence-electron chi connectivity index (χ0n) is 15.3. The van der Waals surface area contributed by atoms with Gasteiger partial charge in [-0.3, -0.25) is 4.79 Å². The van der Waals surface area contributed by atoms with Crippen molar-refractivity contribution in [2.24, 2.45) is 0 Å². The van der Waals surface area contributed by atoms with Gasteiger partial charge in [-0.15, -0.1) is 0 Å². The van der Waals surface area contributed by atoms with Crippen LogP contribution in [-0.2, 0) is 4.79 Å². The largest absolute Gasteiger partial charge is 0.494 e. The lowest BCUT2D eigenvalue weighted by molar-refractivity contribution is -0.116. The Bertz CT molecular complexity index is 901. The number of nitrogens with zero attached hydrogens (tertiary/aromatic N) is 2. The van der Waals surface area contributed by atoms with Crippen molar-refractivity contribution in [3.8, 4) is 11.4 Å². The number of carbonyl (C=O) groups is 1. The number of hydrogen-bond donors (Lipinski definition) is 1. The van der Waals surface area contributed by atoms with Gasteiger partial charge in [-0.2, -0.15) is 5.10 Å². The van der Waals surface area contributed by atoms with Crippen molar-refractivity contribution in [1.82, 2.24) is 15.1 Å². The number of amides is 1. The quantitative estimate of drug-likeness (QED) is 0.491. The average Bonchev–Trinajstić information content (AvgIpc) is 3.16. The zero-order valence-corrected chi connectivity index (χ0v) is 15.3. The van der Waals surface area contributed by atoms with E-state index in [0.717, 1.165) is 23.4 Å². The molecule has 0 aliphatic carbocycles. The summed E-state index contributed by atoms with van der Waals surface area (Å²) < 4.78 is 7.44. The molecule has 27 heavy (non-hydrogen) atoms.